The summed E-state index contributed by atoms with van der Waals surface area (Å²) in [5.41, 5.74) is 0.829. The van der Waals surface area contributed by atoms with E-state index in [1.54, 1.807) is 12.1 Å². The summed E-state index contributed by atoms with van der Waals surface area (Å²) in [4.78, 5) is 10.8. The summed E-state index contributed by atoms with van der Waals surface area (Å²) in [5, 5.41) is 48.5. The lowest BCUT2D eigenvalue weighted by atomic mass is 9.99. The van der Waals surface area contributed by atoms with Crippen LogP contribution in [-0.2, 0) is 9.53 Å². The maximum Gasteiger partial charge on any atom is 0.328 e. The molecule has 1 aliphatic heterocycles. The van der Waals surface area contributed by atoms with Gasteiger partial charge in [-0.25, -0.2) is 4.79 Å². The van der Waals surface area contributed by atoms with Crippen LogP contribution in [0.5, 0.6) is 5.75 Å². The van der Waals surface area contributed by atoms with E-state index in [4.69, 9.17) is 19.0 Å². The Bertz CT molecular complexity index is 810. The van der Waals surface area contributed by atoms with Gasteiger partial charge in [-0.1, -0.05) is 0 Å². The first kappa shape index (κ1) is 18.4. The topological polar surface area (TPSA) is 150 Å². The molecule has 1 aliphatic rings. The molecule has 1 fully saturated rings. The average molecular weight is 366 g/mol. The molecular weight excluding hydrogens is 348 g/mol. The van der Waals surface area contributed by atoms with E-state index in [0.29, 0.717) is 16.5 Å². The van der Waals surface area contributed by atoms with Crippen molar-refractivity contribution in [3.63, 3.8) is 0 Å². The highest BCUT2D eigenvalue weighted by atomic mass is 16.7. The highest BCUT2D eigenvalue weighted by Crippen LogP contribution is 2.31. The van der Waals surface area contributed by atoms with Crippen LogP contribution in [0.15, 0.2) is 35.0 Å². The molecule has 2 heterocycles. The van der Waals surface area contributed by atoms with Crippen LogP contribution in [0.3, 0.4) is 0 Å². The first-order valence-electron chi connectivity index (χ1n) is 7.80. The monoisotopic (exact) mass is 366 g/mol. The van der Waals surface area contributed by atoms with E-state index in [1.165, 1.54) is 18.4 Å². The molecule has 3 rings (SSSR count). The fourth-order valence-electron chi connectivity index (χ4n) is 2.69. The number of aliphatic hydroxyl groups is 4. The maximum absolute atomic E-state index is 10.8. The van der Waals surface area contributed by atoms with E-state index in [9.17, 15) is 25.2 Å². The van der Waals surface area contributed by atoms with Gasteiger partial charge in [-0.2, -0.15) is 0 Å². The third kappa shape index (κ3) is 3.57. The van der Waals surface area contributed by atoms with E-state index in [0.717, 1.165) is 6.08 Å². The van der Waals surface area contributed by atoms with Gasteiger partial charge in [-0.15, -0.1) is 0 Å². The van der Waals surface area contributed by atoms with Crippen molar-refractivity contribution in [2.24, 2.45) is 0 Å². The Labute approximate surface area is 147 Å². The minimum Gasteiger partial charge on any atom is -0.478 e. The van der Waals surface area contributed by atoms with Crippen molar-refractivity contribution in [3.8, 4) is 5.75 Å². The molecule has 26 heavy (non-hydrogen) atoms. The van der Waals surface area contributed by atoms with Crippen LogP contribution in [-0.4, -0.2) is 68.8 Å². The summed E-state index contributed by atoms with van der Waals surface area (Å²) in [5.74, 6) is -1.02. The second kappa shape index (κ2) is 7.44. The number of ether oxygens (including phenoxy) is 2. The first-order chi connectivity index (χ1) is 12.4. The summed E-state index contributed by atoms with van der Waals surface area (Å²) >= 11 is 0. The van der Waals surface area contributed by atoms with Crippen LogP contribution in [0.25, 0.3) is 17.0 Å². The van der Waals surface area contributed by atoms with Crippen LogP contribution in [0, 0.1) is 0 Å². The number of carbonyl (C=O) groups is 1. The van der Waals surface area contributed by atoms with Gasteiger partial charge in [0.1, 0.15) is 35.7 Å². The zero-order valence-electron chi connectivity index (χ0n) is 13.4. The van der Waals surface area contributed by atoms with Gasteiger partial charge in [-0.3, -0.25) is 0 Å². The summed E-state index contributed by atoms with van der Waals surface area (Å²) in [6.07, 6.45) is -3.53. The van der Waals surface area contributed by atoms with E-state index in [2.05, 4.69) is 0 Å². The van der Waals surface area contributed by atoms with Crippen LogP contribution in [0.1, 0.15) is 5.56 Å². The lowest BCUT2D eigenvalue weighted by Crippen LogP contribution is -2.60. The number of benzene rings is 1. The predicted octanol–water partition coefficient (Wildman–Crippen LogP) is -0.291. The quantitative estimate of drug-likeness (QED) is 0.450. The van der Waals surface area contributed by atoms with Gasteiger partial charge in [-0.05, 0) is 18.2 Å². The first-order valence-corrected chi connectivity index (χ1v) is 7.80. The minimum absolute atomic E-state index is 0.134. The van der Waals surface area contributed by atoms with Gasteiger partial charge in [0.15, 0.2) is 0 Å². The Hall–Kier alpha value is -2.43. The van der Waals surface area contributed by atoms with Crippen molar-refractivity contribution in [3.05, 3.63) is 36.1 Å². The second-order valence-electron chi connectivity index (χ2n) is 5.84. The average Bonchev–Trinajstić information content (AvgIpc) is 3.07. The van der Waals surface area contributed by atoms with Crippen molar-refractivity contribution in [2.75, 3.05) is 6.61 Å². The highest BCUT2D eigenvalue weighted by molar-refractivity contribution is 5.89. The summed E-state index contributed by atoms with van der Waals surface area (Å²) in [7, 11) is 0. The van der Waals surface area contributed by atoms with E-state index >= 15 is 0 Å². The normalized spacial score (nSPS) is 29.3. The number of aliphatic carboxylic acids is 1. The molecule has 1 aromatic heterocycles. The zero-order valence-corrected chi connectivity index (χ0v) is 13.4. The molecule has 0 aliphatic carbocycles. The molecule has 0 bridgehead atoms. The Morgan fingerprint density at radius 2 is 1.96 bits per heavy atom. The Morgan fingerprint density at radius 1 is 1.19 bits per heavy atom. The standard InChI is InChI=1S/C17H18O9/c18-7-12-14(21)15(22)16(23)17(26-12)25-11-6-10-9(3-4-24-10)5-8(11)1-2-13(19)20/h1-6,12,14-18,21-23H,7H2,(H,19,20)/b2-1-/t12-,14-,15+,16-,17?/m0/s1. The SMILES string of the molecule is O=C(O)/C=C\c1cc2ccoc2cc1OC1O[C@@H](CO)[C@H](O)[C@@H](O)[C@@H]1O. The molecule has 9 heteroatoms. The molecule has 5 N–H and O–H groups in total. The van der Waals surface area contributed by atoms with E-state index in [1.807, 2.05) is 0 Å². The summed E-state index contributed by atoms with van der Waals surface area (Å²) in [6.45, 7) is -0.589. The molecule has 0 saturated carbocycles. The van der Waals surface area contributed by atoms with Gasteiger partial charge >= 0.3 is 5.97 Å². The minimum atomic E-state index is -1.59. The van der Waals surface area contributed by atoms with Crippen molar-refractivity contribution >= 4 is 23.0 Å². The number of carboxylic acids is 1. The molecule has 1 aromatic carbocycles. The number of hydrogen-bond acceptors (Lipinski definition) is 8. The summed E-state index contributed by atoms with van der Waals surface area (Å²) in [6, 6.07) is 4.79. The lowest BCUT2D eigenvalue weighted by Gasteiger charge is -2.39. The van der Waals surface area contributed by atoms with Gasteiger partial charge < -0.3 is 39.4 Å². The second-order valence-corrected chi connectivity index (χ2v) is 5.84. The van der Waals surface area contributed by atoms with Crippen molar-refractivity contribution in [1.82, 2.24) is 0 Å². The highest BCUT2D eigenvalue weighted by Gasteiger charge is 2.44. The van der Waals surface area contributed by atoms with Gasteiger partial charge in [0.05, 0.1) is 12.9 Å². The molecule has 0 spiro atoms. The van der Waals surface area contributed by atoms with Gasteiger partial charge in [0, 0.05) is 23.1 Å². The van der Waals surface area contributed by atoms with Crippen LogP contribution in [0.2, 0.25) is 0 Å². The predicted molar refractivity (Wildman–Crippen MR) is 87.3 cm³/mol. The molecular formula is C17H18O9. The number of hydrogen-bond donors (Lipinski definition) is 5. The molecule has 1 unspecified atom stereocenters. The lowest BCUT2D eigenvalue weighted by molar-refractivity contribution is -0.277. The smallest absolute Gasteiger partial charge is 0.328 e. The Balaban J connectivity index is 1.93. The molecule has 5 atom stereocenters. The number of rotatable bonds is 5. The van der Waals surface area contributed by atoms with Crippen molar-refractivity contribution < 1.29 is 44.2 Å². The van der Waals surface area contributed by atoms with Gasteiger partial charge in [0.2, 0.25) is 6.29 Å². The maximum atomic E-state index is 10.8. The Morgan fingerprint density at radius 3 is 2.65 bits per heavy atom. The number of aliphatic hydroxyl groups excluding tert-OH is 4. The number of fused-ring (bicyclic) bond motifs is 1. The van der Waals surface area contributed by atoms with Crippen LogP contribution < -0.4 is 4.74 Å². The molecule has 140 valence electrons. The fraction of sp³-hybridized carbons (Fsp3) is 0.353. The molecule has 0 radical (unpaired) electrons. The molecule has 9 nitrogen and oxygen atoms in total. The van der Waals surface area contributed by atoms with E-state index < -0.39 is 43.3 Å². The third-order valence-corrected chi connectivity index (χ3v) is 4.08. The van der Waals surface area contributed by atoms with Crippen molar-refractivity contribution in [2.45, 2.75) is 30.7 Å². The number of carboxylic acid groups (broad SMARTS) is 1. The Kier molecular flexibility index (Phi) is 5.25. The molecule has 1 saturated heterocycles. The molecule has 2 aromatic rings. The molecule has 0 amide bonds. The fourth-order valence-corrected chi connectivity index (χ4v) is 2.69. The third-order valence-electron chi connectivity index (χ3n) is 4.08. The zero-order chi connectivity index (χ0) is 18.8. The number of furan rings is 1. The van der Waals surface area contributed by atoms with Gasteiger partial charge in [0.25, 0.3) is 0 Å². The van der Waals surface area contributed by atoms with E-state index in [-0.39, 0.29) is 5.75 Å². The largest absolute Gasteiger partial charge is 0.478 e. The van der Waals surface area contributed by atoms with Crippen LogP contribution >= 0.6 is 0 Å². The van der Waals surface area contributed by atoms with Crippen LogP contribution in [0.4, 0.5) is 0 Å². The van der Waals surface area contributed by atoms with Crippen molar-refractivity contribution in [1.29, 1.82) is 0 Å². The summed E-state index contributed by atoms with van der Waals surface area (Å²) < 4.78 is 16.2.